The molecule has 0 atom stereocenters. The molecule has 1 N–H and O–H groups in total. The van der Waals surface area contributed by atoms with Gasteiger partial charge in [-0.2, -0.15) is 0 Å². The molecule has 0 aliphatic heterocycles. The van der Waals surface area contributed by atoms with Crippen LogP contribution in [0.15, 0.2) is 54.7 Å². The van der Waals surface area contributed by atoms with Crippen LogP contribution in [0.4, 0.5) is 5.69 Å². The number of aryl methyl sites for hydroxylation is 2. The molecule has 0 radical (unpaired) electrons. The summed E-state index contributed by atoms with van der Waals surface area (Å²) in [5, 5.41) is 3.87. The number of nitrogens with zero attached hydrogens (tertiary/aromatic N) is 1. The Hall–Kier alpha value is -2.88. The van der Waals surface area contributed by atoms with Crippen LogP contribution < -0.4 is 10.1 Å². The molecule has 0 saturated heterocycles. The Labute approximate surface area is 135 Å². The van der Waals surface area contributed by atoms with E-state index in [0.29, 0.717) is 5.75 Å². The topological polar surface area (TPSA) is 51.2 Å². The molecular weight excluding hydrogens is 288 g/mol. The molecule has 2 aromatic carbocycles. The molecule has 0 aliphatic carbocycles. The van der Waals surface area contributed by atoms with Crippen LogP contribution in [0.2, 0.25) is 0 Å². The lowest BCUT2D eigenvalue weighted by Crippen LogP contribution is -2.20. The van der Waals surface area contributed by atoms with E-state index in [1.54, 1.807) is 6.20 Å². The van der Waals surface area contributed by atoms with Gasteiger partial charge in [-0.1, -0.05) is 18.2 Å². The van der Waals surface area contributed by atoms with Gasteiger partial charge in [-0.25, -0.2) is 0 Å². The minimum Gasteiger partial charge on any atom is -0.484 e. The zero-order chi connectivity index (χ0) is 16.2. The standard InChI is InChI=1S/C19H18N2O2/c1-13-5-6-14(2)18(10-13)21-19(22)12-23-16-7-8-17-15(11-16)4-3-9-20-17/h3-11H,12H2,1-2H3,(H,21,22). The van der Waals surface area contributed by atoms with Gasteiger partial charge >= 0.3 is 0 Å². The van der Waals surface area contributed by atoms with Crippen LogP contribution in [-0.4, -0.2) is 17.5 Å². The van der Waals surface area contributed by atoms with Crippen LogP contribution in [0.1, 0.15) is 11.1 Å². The largest absolute Gasteiger partial charge is 0.484 e. The van der Waals surface area contributed by atoms with Gasteiger partial charge in [-0.3, -0.25) is 9.78 Å². The van der Waals surface area contributed by atoms with Crippen molar-refractivity contribution in [2.75, 3.05) is 11.9 Å². The van der Waals surface area contributed by atoms with Gasteiger partial charge in [0.05, 0.1) is 5.52 Å². The Morgan fingerprint density at radius 1 is 1.13 bits per heavy atom. The molecule has 3 rings (SSSR count). The predicted molar refractivity (Wildman–Crippen MR) is 91.8 cm³/mol. The molecule has 0 bridgehead atoms. The number of rotatable bonds is 4. The van der Waals surface area contributed by atoms with Gasteiger partial charge in [-0.15, -0.1) is 0 Å². The molecule has 23 heavy (non-hydrogen) atoms. The fourth-order valence-corrected chi connectivity index (χ4v) is 2.35. The number of hydrogen-bond acceptors (Lipinski definition) is 3. The van der Waals surface area contributed by atoms with Crippen molar-refractivity contribution >= 4 is 22.5 Å². The van der Waals surface area contributed by atoms with Crippen molar-refractivity contribution in [2.45, 2.75) is 13.8 Å². The number of pyridine rings is 1. The van der Waals surface area contributed by atoms with Crippen LogP contribution in [0.25, 0.3) is 10.9 Å². The molecule has 1 heterocycles. The Balaban J connectivity index is 1.64. The molecule has 4 heteroatoms. The van der Waals surface area contributed by atoms with E-state index in [1.807, 2.05) is 62.4 Å². The number of nitrogens with one attached hydrogen (secondary N) is 1. The lowest BCUT2D eigenvalue weighted by molar-refractivity contribution is -0.118. The summed E-state index contributed by atoms with van der Waals surface area (Å²) in [7, 11) is 0. The second kappa shape index (κ2) is 6.48. The summed E-state index contributed by atoms with van der Waals surface area (Å²) in [6.07, 6.45) is 1.75. The minimum absolute atomic E-state index is 0.0286. The van der Waals surface area contributed by atoms with E-state index in [9.17, 15) is 4.79 Å². The van der Waals surface area contributed by atoms with Crippen molar-refractivity contribution in [2.24, 2.45) is 0 Å². The first-order valence-electron chi connectivity index (χ1n) is 7.46. The summed E-state index contributed by atoms with van der Waals surface area (Å²) in [6.45, 7) is 3.93. The van der Waals surface area contributed by atoms with E-state index in [4.69, 9.17) is 4.74 Å². The summed E-state index contributed by atoms with van der Waals surface area (Å²) in [4.78, 5) is 16.3. The van der Waals surface area contributed by atoms with Crippen molar-refractivity contribution in [3.05, 3.63) is 65.9 Å². The second-order valence-corrected chi connectivity index (χ2v) is 5.51. The van der Waals surface area contributed by atoms with Crippen molar-refractivity contribution in [1.29, 1.82) is 0 Å². The number of hydrogen-bond donors (Lipinski definition) is 1. The van der Waals surface area contributed by atoms with Gasteiger partial charge in [0, 0.05) is 17.3 Å². The third-order valence-electron chi connectivity index (χ3n) is 3.61. The minimum atomic E-state index is -0.176. The lowest BCUT2D eigenvalue weighted by Gasteiger charge is -2.10. The van der Waals surface area contributed by atoms with Crippen molar-refractivity contribution in [3.63, 3.8) is 0 Å². The molecule has 1 amide bonds. The molecule has 0 unspecified atom stereocenters. The summed E-state index contributed by atoms with van der Waals surface area (Å²) >= 11 is 0. The third-order valence-corrected chi connectivity index (χ3v) is 3.61. The number of carbonyl (C=O) groups excluding carboxylic acids is 1. The van der Waals surface area contributed by atoms with Gasteiger partial charge in [0.1, 0.15) is 5.75 Å². The average molecular weight is 306 g/mol. The van der Waals surface area contributed by atoms with Crippen molar-refractivity contribution < 1.29 is 9.53 Å². The zero-order valence-corrected chi connectivity index (χ0v) is 13.2. The fraction of sp³-hybridized carbons (Fsp3) is 0.158. The number of benzene rings is 2. The molecule has 0 fully saturated rings. The highest BCUT2D eigenvalue weighted by Gasteiger charge is 2.06. The quantitative estimate of drug-likeness (QED) is 0.796. The normalized spacial score (nSPS) is 10.5. The van der Waals surface area contributed by atoms with Gasteiger partial charge in [-0.05, 0) is 55.3 Å². The molecule has 3 aromatic rings. The van der Waals surface area contributed by atoms with E-state index < -0.39 is 0 Å². The van der Waals surface area contributed by atoms with Crippen LogP contribution in [0, 0.1) is 13.8 Å². The molecule has 1 aromatic heterocycles. The number of carbonyl (C=O) groups is 1. The number of anilines is 1. The van der Waals surface area contributed by atoms with Crippen molar-refractivity contribution in [1.82, 2.24) is 4.98 Å². The summed E-state index contributed by atoms with van der Waals surface area (Å²) < 4.78 is 5.58. The Morgan fingerprint density at radius 3 is 2.87 bits per heavy atom. The molecule has 0 spiro atoms. The maximum atomic E-state index is 12.1. The monoisotopic (exact) mass is 306 g/mol. The van der Waals surface area contributed by atoms with E-state index in [0.717, 1.165) is 27.7 Å². The average Bonchev–Trinajstić information content (AvgIpc) is 2.56. The molecule has 116 valence electrons. The summed E-state index contributed by atoms with van der Waals surface area (Å²) in [6, 6.07) is 15.4. The first-order chi connectivity index (χ1) is 11.1. The highest BCUT2D eigenvalue weighted by Crippen LogP contribution is 2.19. The summed E-state index contributed by atoms with van der Waals surface area (Å²) in [5.74, 6) is 0.478. The third kappa shape index (κ3) is 3.66. The zero-order valence-electron chi connectivity index (χ0n) is 13.2. The number of aromatic nitrogens is 1. The van der Waals surface area contributed by atoms with E-state index in [-0.39, 0.29) is 12.5 Å². The second-order valence-electron chi connectivity index (χ2n) is 5.51. The first-order valence-corrected chi connectivity index (χ1v) is 7.46. The smallest absolute Gasteiger partial charge is 0.262 e. The lowest BCUT2D eigenvalue weighted by atomic mass is 10.1. The van der Waals surface area contributed by atoms with E-state index in [1.165, 1.54) is 0 Å². The molecule has 0 saturated carbocycles. The summed E-state index contributed by atoms with van der Waals surface area (Å²) in [5.41, 5.74) is 3.86. The van der Waals surface area contributed by atoms with E-state index in [2.05, 4.69) is 10.3 Å². The number of fused-ring (bicyclic) bond motifs is 1. The SMILES string of the molecule is Cc1ccc(C)c(NC(=O)COc2ccc3ncccc3c2)c1. The molecule has 4 nitrogen and oxygen atoms in total. The molecular formula is C19H18N2O2. The van der Waals surface area contributed by atoms with Crippen LogP contribution >= 0.6 is 0 Å². The fourth-order valence-electron chi connectivity index (χ4n) is 2.35. The maximum absolute atomic E-state index is 12.1. The Morgan fingerprint density at radius 2 is 2.00 bits per heavy atom. The van der Waals surface area contributed by atoms with E-state index >= 15 is 0 Å². The van der Waals surface area contributed by atoms with Crippen LogP contribution in [0.5, 0.6) is 5.75 Å². The maximum Gasteiger partial charge on any atom is 0.262 e. The number of amides is 1. The first kappa shape index (κ1) is 15.0. The number of ether oxygens (including phenoxy) is 1. The highest BCUT2D eigenvalue weighted by molar-refractivity contribution is 5.92. The van der Waals surface area contributed by atoms with Crippen LogP contribution in [0.3, 0.4) is 0 Å². The predicted octanol–water partition coefficient (Wildman–Crippen LogP) is 3.87. The Kier molecular flexibility index (Phi) is 4.24. The van der Waals surface area contributed by atoms with Gasteiger partial charge in [0.2, 0.25) is 0 Å². The van der Waals surface area contributed by atoms with Gasteiger partial charge < -0.3 is 10.1 Å². The van der Waals surface area contributed by atoms with Crippen LogP contribution in [-0.2, 0) is 4.79 Å². The van der Waals surface area contributed by atoms with Gasteiger partial charge in [0.25, 0.3) is 5.91 Å². The van der Waals surface area contributed by atoms with Crippen molar-refractivity contribution in [3.8, 4) is 5.75 Å². The van der Waals surface area contributed by atoms with Gasteiger partial charge in [0.15, 0.2) is 6.61 Å². The Bertz CT molecular complexity index is 859. The highest BCUT2D eigenvalue weighted by atomic mass is 16.5. The molecule has 0 aliphatic rings.